The van der Waals surface area contributed by atoms with E-state index < -0.39 is 6.10 Å². The van der Waals surface area contributed by atoms with Gasteiger partial charge in [-0.15, -0.1) is 0 Å². The molecule has 0 aliphatic heterocycles. The molecule has 0 N–H and O–H groups in total. The van der Waals surface area contributed by atoms with E-state index >= 15 is 0 Å². The summed E-state index contributed by atoms with van der Waals surface area (Å²) < 4.78 is 17.3. The zero-order valence-corrected chi connectivity index (χ0v) is 45.0. The molecule has 0 bridgehead atoms. The first-order valence-corrected chi connectivity index (χ1v) is 28.0. The molecule has 1 atom stereocenters. The van der Waals surface area contributed by atoms with Crippen LogP contribution in [0.5, 0.6) is 0 Å². The molecule has 0 aromatic rings. The molecule has 0 radical (unpaired) electrons. The lowest BCUT2D eigenvalue weighted by molar-refractivity contribution is -0.162. The molecular weight excluding hydrogens is 861 g/mol. The second-order valence-electron chi connectivity index (χ2n) is 17.7. The first-order chi connectivity index (χ1) is 34.6. The molecule has 392 valence electrons. The van der Waals surface area contributed by atoms with Crippen LogP contribution in [-0.4, -0.2) is 37.9 Å². The lowest BCUT2D eigenvalue weighted by Gasteiger charge is -2.18. The molecule has 5 heteroatoms. The van der Waals surface area contributed by atoms with E-state index in [1.54, 1.807) is 0 Å². The molecule has 5 nitrogen and oxygen atoms in total. The van der Waals surface area contributed by atoms with E-state index in [1.165, 1.54) is 44.9 Å². The summed E-state index contributed by atoms with van der Waals surface area (Å²) in [5, 5.41) is 0. The van der Waals surface area contributed by atoms with Gasteiger partial charge in [0, 0.05) is 12.8 Å². The fourth-order valence-corrected chi connectivity index (χ4v) is 6.96. The Morgan fingerprint density at radius 2 is 0.643 bits per heavy atom. The van der Waals surface area contributed by atoms with Crippen molar-refractivity contribution < 1.29 is 23.8 Å². The monoisotopic (exact) mass is 963 g/mol. The maximum absolute atomic E-state index is 12.9. The quantitative estimate of drug-likeness (QED) is 0.0345. The molecule has 0 saturated carbocycles. The minimum Gasteiger partial charge on any atom is -0.462 e. The van der Waals surface area contributed by atoms with Gasteiger partial charge in [0.05, 0.1) is 13.2 Å². The van der Waals surface area contributed by atoms with Crippen LogP contribution in [0.4, 0.5) is 0 Å². The Bertz CT molecular complexity index is 1560. The average Bonchev–Trinajstić information content (AvgIpc) is 3.36. The summed E-state index contributed by atoms with van der Waals surface area (Å²) in [6.45, 7) is 7.29. The van der Waals surface area contributed by atoms with E-state index in [4.69, 9.17) is 14.2 Å². The molecule has 70 heavy (non-hydrogen) atoms. The van der Waals surface area contributed by atoms with Crippen molar-refractivity contribution in [1.82, 2.24) is 0 Å². The van der Waals surface area contributed by atoms with Gasteiger partial charge in [0.15, 0.2) is 6.10 Å². The number of carbonyl (C=O) groups is 2. The van der Waals surface area contributed by atoms with Crippen molar-refractivity contribution in [3.63, 3.8) is 0 Å². The van der Waals surface area contributed by atoms with Crippen LogP contribution in [0.2, 0.25) is 0 Å². The Morgan fingerprint density at radius 1 is 0.329 bits per heavy atom. The topological polar surface area (TPSA) is 61.8 Å². The number of hydrogen-bond acceptors (Lipinski definition) is 5. The number of allylic oxidation sites excluding steroid dienone is 25. The van der Waals surface area contributed by atoms with Gasteiger partial charge in [0.1, 0.15) is 6.61 Å². The number of ether oxygens (including phenoxy) is 3. The Hall–Kier alpha value is -4.48. The molecule has 0 fully saturated rings. The van der Waals surface area contributed by atoms with Crippen molar-refractivity contribution >= 4 is 11.9 Å². The molecule has 0 amide bonds. The molecular formula is C65H102O5. The second kappa shape index (κ2) is 58.8. The largest absolute Gasteiger partial charge is 0.462 e. The number of carbonyl (C=O) groups excluding carboxylic acids is 2. The Labute approximate surface area is 431 Å². The van der Waals surface area contributed by atoms with Gasteiger partial charge in [-0.05, 0) is 135 Å². The van der Waals surface area contributed by atoms with Gasteiger partial charge in [-0.3, -0.25) is 9.59 Å². The van der Waals surface area contributed by atoms with E-state index in [-0.39, 0.29) is 25.2 Å². The third-order valence-electron chi connectivity index (χ3n) is 11.0. The Kier molecular flexibility index (Phi) is 55.1. The van der Waals surface area contributed by atoms with Gasteiger partial charge in [0.2, 0.25) is 0 Å². The highest BCUT2D eigenvalue weighted by molar-refractivity contribution is 5.70. The maximum atomic E-state index is 12.9. The van der Waals surface area contributed by atoms with Crippen molar-refractivity contribution in [3.05, 3.63) is 158 Å². The van der Waals surface area contributed by atoms with Gasteiger partial charge in [-0.2, -0.15) is 0 Å². The zero-order valence-electron chi connectivity index (χ0n) is 45.0. The van der Waals surface area contributed by atoms with Crippen molar-refractivity contribution in [2.24, 2.45) is 0 Å². The number of unbranched alkanes of at least 4 members (excludes halogenated alkanes) is 12. The smallest absolute Gasteiger partial charge is 0.306 e. The van der Waals surface area contributed by atoms with Crippen LogP contribution in [-0.2, 0) is 23.8 Å². The van der Waals surface area contributed by atoms with Crippen LogP contribution in [0.25, 0.3) is 0 Å². The standard InChI is InChI=1S/C65H102O5/c1-4-7-10-13-16-19-22-25-28-31-33-35-37-40-43-46-49-52-55-58-64(66)69-62-63(61-68-60-57-54-51-48-45-42-39-30-27-24-21-18-15-12-9-6-3)70-65(67)59-56-53-50-47-44-41-38-36-34-32-29-26-23-20-17-14-11-8-5-2/h7,9-10,12,16-21,25-30,33-36,40,42-43,45,51,54,63H,4-6,8,11,13-15,22-24,31-32,37-39,41,44,46-50,52-53,55-62H2,1-3H3/b10-7-,12-9-,19-16-,20-17-,21-18-,28-25-,29-26-,30-27-,35-33-,36-34-,43-40-,45-42-,54-51-. The van der Waals surface area contributed by atoms with Gasteiger partial charge < -0.3 is 14.2 Å². The average molecular weight is 964 g/mol. The summed E-state index contributed by atoms with van der Waals surface area (Å²) in [4.78, 5) is 25.5. The van der Waals surface area contributed by atoms with E-state index in [0.29, 0.717) is 19.4 Å². The fourth-order valence-electron chi connectivity index (χ4n) is 6.96. The van der Waals surface area contributed by atoms with E-state index in [2.05, 4.69) is 179 Å². The van der Waals surface area contributed by atoms with Crippen LogP contribution >= 0.6 is 0 Å². The predicted molar refractivity (Wildman–Crippen MR) is 306 cm³/mol. The van der Waals surface area contributed by atoms with E-state index in [0.717, 1.165) is 135 Å². The lowest BCUT2D eigenvalue weighted by Crippen LogP contribution is -2.30. The summed E-state index contributed by atoms with van der Waals surface area (Å²) in [5.74, 6) is -0.502. The summed E-state index contributed by atoms with van der Waals surface area (Å²) in [6.07, 6.45) is 87.1. The Balaban J connectivity index is 4.51. The molecule has 0 aromatic carbocycles. The first kappa shape index (κ1) is 65.5. The number of rotatable bonds is 49. The molecule has 0 aliphatic rings. The summed E-state index contributed by atoms with van der Waals surface area (Å²) >= 11 is 0. The fraction of sp³-hybridized carbons (Fsp3) is 0.569. The molecule has 0 saturated heterocycles. The van der Waals surface area contributed by atoms with E-state index in [9.17, 15) is 9.59 Å². The normalized spacial score (nSPS) is 13.5. The first-order valence-electron chi connectivity index (χ1n) is 28.0. The van der Waals surface area contributed by atoms with Crippen LogP contribution in [0.15, 0.2) is 158 Å². The number of hydrogen-bond donors (Lipinski definition) is 0. The Morgan fingerprint density at radius 3 is 1.04 bits per heavy atom. The highest BCUT2D eigenvalue weighted by atomic mass is 16.6. The maximum Gasteiger partial charge on any atom is 0.306 e. The SMILES string of the molecule is CC/C=C\C/C=C\C/C=C\C/C=C\C/C=C\CCCCCC(=O)OCC(COCC/C=C\C/C=C\C/C=C\C/C=C\C/C=C\CC)OC(=O)CCCCCCCC/C=C\C/C=C\C/C=C\CCCCC. The highest BCUT2D eigenvalue weighted by Crippen LogP contribution is 2.12. The van der Waals surface area contributed by atoms with Crippen LogP contribution in [0, 0.1) is 0 Å². The predicted octanol–water partition coefficient (Wildman–Crippen LogP) is 19.5. The minimum atomic E-state index is -0.610. The van der Waals surface area contributed by atoms with Crippen LogP contribution in [0.1, 0.15) is 213 Å². The van der Waals surface area contributed by atoms with Crippen molar-refractivity contribution in [1.29, 1.82) is 0 Å². The highest BCUT2D eigenvalue weighted by Gasteiger charge is 2.17. The third-order valence-corrected chi connectivity index (χ3v) is 11.0. The van der Waals surface area contributed by atoms with Crippen molar-refractivity contribution in [2.45, 2.75) is 219 Å². The van der Waals surface area contributed by atoms with Gasteiger partial charge >= 0.3 is 11.9 Å². The summed E-state index contributed by atoms with van der Waals surface area (Å²) in [7, 11) is 0. The molecule has 0 spiro atoms. The van der Waals surface area contributed by atoms with Gasteiger partial charge in [-0.25, -0.2) is 0 Å². The van der Waals surface area contributed by atoms with Crippen molar-refractivity contribution in [3.8, 4) is 0 Å². The summed E-state index contributed by atoms with van der Waals surface area (Å²) in [5.41, 5.74) is 0. The second-order valence-corrected chi connectivity index (χ2v) is 17.7. The summed E-state index contributed by atoms with van der Waals surface area (Å²) in [6, 6.07) is 0. The number of esters is 2. The molecule has 0 aliphatic carbocycles. The van der Waals surface area contributed by atoms with Crippen LogP contribution in [0.3, 0.4) is 0 Å². The minimum absolute atomic E-state index is 0.0214. The lowest BCUT2D eigenvalue weighted by atomic mass is 10.1. The molecule has 1 unspecified atom stereocenters. The van der Waals surface area contributed by atoms with Gasteiger partial charge in [-0.1, -0.05) is 224 Å². The van der Waals surface area contributed by atoms with Crippen LogP contribution < -0.4 is 0 Å². The molecule has 0 rings (SSSR count). The zero-order chi connectivity index (χ0) is 50.6. The molecule has 0 heterocycles. The van der Waals surface area contributed by atoms with Gasteiger partial charge in [0.25, 0.3) is 0 Å². The van der Waals surface area contributed by atoms with E-state index in [1.807, 2.05) is 0 Å². The van der Waals surface area contributed by atoms with Crippen molar-refractivity contribution in [2.75, 3.05) is 19.8 Å². The molecule has 0 aromatic heterocycles. The third kappa shape index (κ3) is 56.1.